The van der Waals surface area contributed by atoms with Gasteiger partial charge in [0.15, 0.2) is 0 Å². The molecule has 0 amide bonds. The van der Waals surface area contributed by atoms with Gasteiger partial charge in [-0.15, -0.1) is 0 Å². The molecule has 0 saturated carbocycles. The highest BCUT2D eigenvalue weighted by Crippen LogP contribution is 2.23. The van der Waals surface area contributed by atoms with Gasteiger partial charge in [0, 0.05) is 11.9 Å². The van der Waals surface area contributed by atoms with Crippen LogP contribution in [0.2, 0.25) is 0 Å². The quantitative estimate of drug-likeness (QED) is 0.823. The Kier molecular flexibility index (Phi) is 2.34. The lowest BCUT2D eigenvalue weighted by Gasteiger charge is -2.06. The summed E-state index contributed by atoms with van der Waals surface area (Å²) in [6, 6.07) is 6.36. The number of nitrogens with zero attached hydrogens (tertiary/aromatic N) is 1. The van der Waals surface area contributed by atoms with Crippen molar-refractivity contribution < 1.29 is 4.74 Å². The summed E-state index contributed by atoms with van der Waals surface area (Å²) in [4.78, 5) is 7.04. The number of rotatable bonds is 3. The van der Waals surface area contributed by atoms with Crippen LogP contribution in [0.1, 0.15) is 16.8 Å². The Labute approximate surface area is 93.7 Å². The minimum atomic E-state index is 0.731. The van der Waals surface area contributed by atoms with Gasteiger partial charge in [-0.25, -0.2) is 4.98 Å². The molecule has 1 aromatic carbocycles. The van der Waals surface area contributed by atoms with Crippen LogP contribution < -0.4 is 5.32 Å². The maximum atomic E-state index is 5.38. The van der Waals surface area contributed by atoms with Crippen LogP contribution in [0, 0.1) is 0 Å². The molecule has 3 rings (SSSR count). The lowest BCUT2D eigenvalue weighted by molar-refractivity contribution is 0.134. The number of H-pyrrole nitrogens is 1. The fourth-order valence-electron chi connectivity index (χ4n) is 1.86. The fourth-order valence-corrected chi connectivity index (χ4v) is 1.86. The lowest BCUT2D eigenvalue weighted by atomic mass is 10.1. The van der Waals surface area contributed by atoms with Gasteiger partial charge in [-0.2, -0.15) is 0 Å². The summed E-state index contributed by atoms with van der Waals surface area (Å²) >= 11 is 0. The van der Waals surface area contributed by atoms with Crippen LogP contribution in [-0.4, -0.2) is 9.97 Å². The largest absolute Gasteiger partial charge is 0.379 e. The van der Waals surface area contributed by atoms with Crippen LogP contribution in [0.25, 0.3) is 0 Å². The van der Waals surface area contributed by atoms with Crippen LogP contribution in [0.4, 0.5) is 5.69 Å². The van der Waals surface area contributed by atoms with Crippen molar-refractivity contribution in [2.75, 3.05) is 5.32 Å². The van der Waals surface area contributed by atoms with E-state index in [1.54, 1.807) is 6.33 Å². The molecular weight excluding hydrogens is 202 g/mol. The molecule has 82 valence electrons. The number of hydrogen-bond donors (Lipinski definition) is 2. The number of ether oxygens (including phenoxy) is 1. The minimum Gasteiger partial charge on any atom is -0.379 e. The number of benzene rings is 1. The van der Waals surface area contributed by atoms with E-state index in [9.17, 15) is 0 Å². The molecule has 16 heavy (non-hydrogen) atoms. The van der Waals surface area contributed by atoms with E-state index < -0.39 is 0 Å². The highest BCUT2D eigenvalue weighted by Gasteiger charge is 2.10. The number of aromatic nitrogens is 2. The molecule has 0 aliphatic carbocycles. The van der Waals surface area contributed by atoms with Gasteiger partial charge in [-0.3, -0.25) is 0 Å². The van der Waals surface area contributed by atoms with Gasteiger partial charge in [-0.1, -0.05) is 6.07 Å². The molecule has 0 fully saturated rings. The van der Waals surface area contributed by atoms with Crippen LogP contribution >= 0.6 is 0 Å². The third-order valence-corrected chi connectivity index (χ3v) is 2.76. The molecule has 0 atom stereocenters. The normalized spacial score (nSPS) is 13.8. The topological polar surface area (TPSA) is 49.9 Å². The molecule has 2 heterocycles. The third-order valence-electron chi connectivity index (χ3n) is 2.76. The summed E-state index contributed by atoms with van der Waals surface area (Å²) in [5.74, 6) is 0. The number of fused-ring (bicyclic) bond motifs is 1. The summed E-state index contributed by atoms with van der Waals surface area (Å²) < 4.78 is 5.38. The monoisotopic (exact) mass is 215 g/mol. The standard InChI is InChI=1S/C12H13N3O/c1-2-11(3-10-7-16-6-9(1)10)14-5-12-4-13-8-15-12/h1-4,8,14H,5-7H2,(H,13,15). The maximum absolute atomic E-state index is 5.38. The summed E-state index contributed by atoms with van der Waals surface area (Å²) in [5.41, 5.74) is 4.79. The summed E-state index contributed by atoms with van der Waals surface area (Å²) in [5, 5.41) is 3.35. The Morgan fingerprint density at radius 2 is 2.25 bits per heavy atom. The number of aromatic amines is 1. The Morgan fingerprint density at radius 3 is 3.12 bits per heavy atom. The molecular formula is C12H13N3O. The zero-order chi connectivity index (χ0) is 10.8. The Bertz CT molecular complexity index is 479. The van der Waals surface area contributed by atoms with E-state index in [0.717, 1.165) is 31.1 Å². The number of anilines is 1. The van der Waals surface area contributed by atoms with Crippen molar-refractivity contribution in [1.82, 2.24) is 9.97 Å². The van der Waals surface area contributed by atoms with Crippen LogP contribution in [0.3, 0.4) is 0 Å². The van der Waals surface area contributed by atoms with Crippen molar-refractivity contribution in [3.8, 4) is 0 Å². The molecule has 0 radical (unpaired) electrons. The molecule has 0 unspecified atom stereocenters. The third kappa shape index (κ3) is 1.79. The molecule has 2 N–H and O–H groups in total. The number of hydrogen-bond acceptors (Lipinski definition) is 3. The first-order valence-corrected chi connectivity index (χ1v) is 5.32. The Balaban J connectivity index is 1.71. The molecule has 0 saturated heterocycles. The zero-order valence-corrected chi connectivity index (χ0v) is 8.86. The van der Waals surface area contributed by atoms with E-state index in [4.69, 9.17) is 4.74 Å². The Hall–Kier alpha value is -1.81. The van der Waals surface area contributed by atoms with Crippen molar-refractivity contribution in [2.24, 2.45) is 0 Å². The first-order valence-electron chi connectivity index (χ1n) is 5.32. The first kappa shape index (κ1) is 9.42. The minimum absolute atomic E-state index is 0.731. The summed E-state index contributed by atoms with van der Waals surface area (Å²) in [6.07, 6.45) is 3.51. The van der Waals surface area contributed by atoms with E-state index in [1.807, 2.05) is 6.20 Å². The molecule has 2 aromatic rings. The van der Waals surface area contributed by atoms with Crippen molar-refractivity contribution in [3.05, 3.63) is 47.5 Å². The van der Waals surface area contributed by atoms with Gasteiger partial charge in [0.05, 0.1) is 31.8 Å². The maximum Gasteiger partial charge on any atom is 0.0922 e. The van der Waals surface area contributed by atoms with E-state index in [-0.39, 0.29) is 0 Å². The second kappa shape index (κ2) is 3.98. The second-order valence-corrected chi connectivity index (χ2v) is 3.91. The van der Waals surface area contributed by atoms with Crippen LogP contribution in [-0.2, 0) is 24.5 Å². The van der Waals surface area contributed by atoms with Crippen LogP contribution in [0.5, 0.6) is 0 Å². The van der Waals surface area contributed by atoms with Gasteiger partial charge in [-0.05, 0) is 23.3 Å². The fraction of sp³-hybridized carbons (Fsp3) is 0.250. The SMILES string of the molecule is c1ncc(CNc2ccc3c(c2)COC3)[nH]1. The molecule has 4 heteroatoms. The van der Waals surface area contributed by atoms with Gasteiger partial charge in [0.1, 0.15) is 0 Å². The average molecular weight is 215 g/mol. The predicted molar refractivity (Wildman–Crippen MR) is 60.8 cm³/mol. The van der Waals surface area contributed by atoms with Crippen molar-refractivity contribution in [1.29, 1.82) is 0 Å². The molecule has 0 bridgehead atoms. The second-order valence-electron chi connectivity index (χ2n) is 3.91. The van der Waals surface area contributed by atoms with Gasteiger partial charge >= 0.3 is 0 Å². The highest BCUT2D eigenvalue weighted by atomic mass is 16.5. The lowest BCUT2D eigenvalue weighted by Crippen LogP contribution is -2.00. The van der Waals surface area contributed by atoms with Crippen LogP contribution in [0.15, 0.2) is 30.7 Å². The predicted octanol–water partition coefficient (Wildman–Crippen LogP) is 2.05. The summed E-state index contributed by atoms with van der Waals surface area (Å²) in [6.45, 7) is 2.24. The zero-order valence-electron chi connectivity index (χ0n) is 8.86. The molecule has 1 aliphatic rings. The molecule has 1 aromatic heterocycles. The molecule has 1 aliphatic heterocycles. The molecule has 0 spiro atoms. The van der Waals surface area contributed by atoms with Crippen molar-refractivity contribution in [2.45, 2.75) is 19.8 Å². The number of imidazole rings is 1. The van der Waals surface area contributed by atoms with Gasteiger partial charge < -0.3 is 15.0 Å². The Morgan fingerprint density at radius 1 is 1.31 bits per heavy atom. The number of nitrogens with one attached hydrogen (secondary N) is 2. The van der Waals surface area contributed by atoms with Crippen molar-refractivity contribution in [3.63, 3.8) is 0 Å². The van der Waals surface area contributed by atoms with E-state index >= 15 is 0 Å². The van der Waals surface area contributed by atoms with E-state index in [2.05, 4.69) is 33.5 Å². The highest BCUT2D eigenvalue weighted by molar-refractivity contribution is 5.49. The van der Waals surface area contributed by atoms with Gasteiger partial charge in [0.2, 0.25) is 0 Å². The van der Waals surface area contributed by atoms with E-state index in [1.165, 1.54) is 11.1 Å². The average Bonchev–Trinajstić information content (AvgIpc) is 2.97. The smallest absolute Gasteiger partial charge is 0.0922 e. The molecule has 4 nitrogen and oxygen atoms in total. The van der Waals surface area contributed by atoms with E-state index in [0.29, 0.717) is 0 Å². The summed E-state index contributed by atoms with van der Waals surface area (Å²) in [7, 11) is 0. The van der Waals surface area contributed by atoms with Gasteiger partial charge in [0.25, 0.3) is 0 Å². The van der Waals surface area contributed by atoms with Crippen molar-refractivity contribution >= 4 is 5.69 Å². The first-order chi connectivity index (χ1) is 7.92.